The minimum absolute atomic E-state index is 0.578. The van der Waals surface area contributed by atoms with Crippen LogP contribution in [0.3, 0.4) is 0 Å². The molecule has 4 nitrogen and oxygen atoms in total. The molecule has 0 bridgehead atoms. The van der Waals surface area contributed by atoms with Crippen molar-refractivity contribution in [3.05, 3.63) is 212 Å². The van der Waals surface area contributed by atoms with Crippen LogP contribution in [-0.2, 0) is 0 Å². The third kappa shape index (κ3) is 6.26. The van der Waals surface area contributed by atoms with Gasteiger partial charge >= 0.3 is 0 Å². The topological polar surface area (TPSA) is 51.8 Å². The Labute approximate surface area is 362 Å². The molecule has 0 aliphatic carbocycles. The van der Waals surface area contributed by atoms with Gasteiger partial charge in [0, 0.05) is 53.2 Å². The van der Waals surface area contributed by atoms with Crippen LogP contribution < -0.4 is 0 Å². The molecular weight excluding hydrogens is 775 g/mol. The first-order valence-corrected chi connectivity index (χ1v) is 21.6. The number of para-hydroxylation sites is 1. The third-order valence-electron chi connectivity index (χ3n) is 11.8. The lowest BCUT2D eigenvalue weighted by molar-refractivity contribution is 0.669. The number of rotatable bonds is 7. The molecule has 0 unspecified atom stereocenters. The van der Waals surface area contributed by atoms with Crippen LogP contribution in [0, 0.1) is 0 Å². The molecule has 0 radical (unpaired) electrons. The average Bonchev–Trinajstić information content (AvgIpc) is 3.93. The number of fused-ring (bicyclic) bond motifs is 6. The van der Waals surface area contributed by atoms with Crippen molar-refractivity contribution in [3.8, 4) is 78.7 Å². The maximum absolute atomic E-state index is 6.33. The Morgan fingerprint density at radius 2 is 0.742 bits per heavy atom. The molecule has 5 heteroatoms. The van der Waals surface area contributed by atoms with Gasteiger partial charge in [-0.1, -0.05) is 188 Å². The highest BCUT2D eigenvalue weighted by atomic mass is 32.1. The number of hydrogen-bond donors (Lipinski definition) is 0. The van der Waals surface area contributed by atoms with Crippen LogP contribution in [-0.4, -0.2) is 15.0 Å². The van der Waals surface area contributed by atoms with Crippen LogP contribution in [0.2, 0.25) is 0 Å². The van der Waals surface area contributed by atoms with Gasteiger partial charge in [0.25, 0.3) is 0 Å². The molecule has 3 heterocycles. The second kappa shape index (κ2) is 14.9. The van der Waals surface area contributed by atoms with Gasteiger partial charge < -0.3 is 4.42 Å². The summed E-state index contributed by atoms with van der Waals surface area (Å²) < 4.78 is 8.89. The first-order chi connectivity index (χ1) is 30.7. The lowest BCUT2D eigenvalue weighted by Gasteiger charge is -2.14. The van der Waals surface area contributed by atoms with E-state index in [0.29, 0.717) is 17.5 Å². The summed E-state index contributed by atoms with van der Waals surface area (Å²) in [5, 5.41) is 4.67. The molecule has 0 atom stereocenters. The highest BCUT2D eigenvalue weighted by Gasteiger charge is 2.20. The maximum atomic E-state index is 6.33. The maximum Gasteiger partial charge on any atom is 0.164 e. The molecule has 0 N–H and O–H groups in total. The van der Waals surface area contributed by atoms with E-state index in [0.717, 1.165) is 66.4 Å². The van der Waals surface area contributed by atoms with E-state index in [1.54, 1.807) is 0 Å². The fourth-order valence-electron chi connectivity index (χ4n) is 8.72. The van der Waals surface area contributed by atoms with Crippen molar-refractivity contribution in [1.29, 1.82) is 0 Å². The Morgan fingerprint density at radius 1 is 0.274 bits per heavy atom. The van der Waals surface area contributed by atoms with Gasteiger partial charge in [-0.15, -0.1) is 11.3 Å². The summed E-state index contributed by atoms with van der Waals surface area (Å²) in [5.41, 5.74) is 13.7. The number of thiophene rings is 1. The zero-order chi connectivity index (χ0) is 41.0. The molecule has 0 amide bonds. The van der Waals surface area contributed by atoms with Crippen LogP contribution in [0.25, 0.3) is 121 Å². The highest BCUT2D eigenvalue weighted by molar-refractivity contribution is 7.26. The molecule has 290 valence electrons. The van der Waals surface area contributed by atoms with Crippen LogP contribution in [0.4, 0.5) is 0 Å². The second-order valence-corrected chi connectivity index (χ2v) is 16.5. The van der Waals surface area contributed by atoms with Crippen LogP contribution in [0.5, 0.6) is 0 Å². The number of benzene rings is 9. The fraction of sp³-hybridized carbons (Fsp3) is 0. The van der Waals surface area contributed by atoms with Crippen molar-refractivity contribution in [3.63, 3.8) is 0 Å². The lowest BCUT2D eigenvalue weighted by atomic mass is 9.91. The van der Waals surface area contributed by atoms with Crippen LogP contribution >= 0.6 is 11.3 Å². The SMILES string of the molecule is c1ccc(-c2ccc(-c3nc(-c4ccc(-c5cccc6c5sc5c(-c7ccccc7)cccc56)c(-c5ccccc5)c4)nc(-c4ccc5c(c4)oc4ccccc45)n3)cc2)cc1. The molecule has 0 aliphatic heterocycles. The van der Waals surface area contributed by atoms with Gasteiger partial charge in [-0.05, 0) is 63.2 Å². The van der Waals surface area contributed by atoms with E-state index in [4.69, 9.17) is 19.4 Å². The van der Waals surface area contributed by atoms with Crippen molar-refractivity contribution in [2.45, 2.75) is 0 Å². The molecule has 3 aromatic heterocycles. The number of aromatic nitrogens is 3. The predicted octanol–water partition coefficient (Wildman–Crippen LogP) is 15.8. The zero-order valence-corrected chi connectivity index (χ0v) is 34.2. The highest BCUT2D eigenvalue weighted by Crippen LogP contribution is 2.46. The molecule has 0 saturated heterocycles. The first-order valence-electron chi connectivity index (χ1n) is 20.8. The van der Waals surface area contributed by atoms with E-state index in [9.17, 15) is 0 Å². The smallest absolute Gasteiger partial charge is 0.164 e. The molecule has 62 heavy (non-hydrogen) atoms. The van der Waals surface area contributed by atoms with Gasteiger partial charge in [0.15, 0.2) is 17.5 Å². The zero-order valence-electron chi connectivity index (χ0n) is 33.4. The number of furan rings is 1. The minimum Gasteiger partial charge on any atom is -0.456 e. The number of nitrogens with zero attached hydrogens (tertiary/aromatic N) is 3. The summed E-state index contributed by atoms with van der Waals surface area (Å²) in [6, 6.07) is 74.6. The molecule has 0 saturated carbocycles. The van der Waals surface area contributed by atoms with Crippen molar-refractivity contribution < 1.29 is 4.42 Å². The van der Waals surface area contributed by atoms with Crippen molar-refractivity contribution in [2.24, 2.45) is 0 Å². The number of hydrogen-bond acceptors (Lipinski definition) is 5. The Morgan fingerprint density at radius 3 is 1.44 bits per heavy atom. The van der Waals surface area contributed by atoms with Gasteiger partial charge in [-0.3, -0.25) is 0 Å². The fourth-order valence-corrected chi connectivity index (χ4v) is 10.1. The standard InChI is InChI=1S/C57H35N3OS/c1-4-14-36(15-5-1)37-26-28-40(29-27-37)55-58-56(60-57(59-55)42-31-33-46-45-20-10-11-25-51(45)61-52(46)35-42)41-30-32-44(50(34-41)39-18-8-3-9-19-39)47-22-13-24-49-48-23-12-21-43(53(48)62-54(47)49)38-16-6-2-7-17-38/h1-35H. The molecule has 9 aromatic carbocycles. The van der Waals surface area contributed by atoms with Crippen LogP contribution in [0.1, 0.15) is 0 Å². The van der Waals surface area contributed by atoms with Gasteiger partial charge in [0.1, 0.15) is 11.2 Å². The van der Waals surface area contributed by atoms with Crippen molar-refractivity contribution in [2.75, 3.05) is 0 Å². The van der Waals surface area contributed by atoms with E-state index in [1.807, 2.05) is 41.7 Å². The van der Waals surface area contributed by atoms with Gasteiger partial charge in [0.2, 0.25) is 0 Å². The largest absolute Gasteiger partial charge is 0.456 e. The van der Waals surface area contributed by atoms with Gasteiger partial charge in [-0.25, -0.2) is 15.0 Å². The van der Waals surface area contributed by atoms with E-state index in [-0.39, 0.29) is 0 Å². The molecule has 12 rings (SSSR count). The first kappa shape index (κ1) is 35.9. The summed E-state index contributed by atoms with van der Waals surface area (Å²) in [6.45, 7) is 0. The average molecular weight is 810 g/mol. The van der Waals surface area contributed by atoms with Crippen molar-refractivity contribution >= 4 is 53.4 Å². The summed E-state index contributed by atoms with van der Waals surface area (Å²) in [7, 11) is 0. The normalized spacial score (nSPS) is 11.5. The molecule has 0 fully saturated rings. The summed E-state index contributed by atoms with van der Waals surface area (Å²) in [4.78, 5) is 15.6. The molecular formula is C57H35N3OS. The summed E-state index contributed by atoms with van der Waals surface area (Å²) in [5.74, 6) is 1.77. The quantitative estimate of drug-likeness (QED) is 0.161. The molecule has 12 aromatic rings. The van der Waals surface area contributed by atoms with E-state index in [2.05, 4.69) is 182 Å². The van der Waals surface area contributed by atoms with E-state index < -0.39 is 0 Å². The van der Waals surface area contributed by atoms with E-state index >= 15 is 0 Å². The Kier molecular flexibility index (Phi) is 8.65. The minimum atomic E-state index is 0.578. The van der Waals surface area contributed by atoms with Crippen LogP contribution in [0.15, 0.2) is 217 Å². The lowest BCUT2D eigenvalue weighted by Crippen LogP contribution is -2.00. The Hall–Kier alpha value is -7.99. The van der Waals surface area contributed by atoms with Gasteiger partial charge in [0.05, 0.1) is 0 Å². The Balaban J connectivity index is 1.03. The molecule has 0 aliphatic rings. The Bertz CT molecular complexity index is 3610. The monoisotopic (exact) mass is 809 g/mol. The molecule has 0 spiro atoms. The third-order valence-corrected chi connectivity index (χ3v) is 13.1. The summed E-state index contributed by atoms with van der Waals surface area (Å²) >= 11 is 1.87. The van der Waals surface area contributed by atoms with Gasteiger partial charge in [-0.2, -0.15) is 0 Å². The van der Waals surface area contributed by atoms with E-state index in [1.165, 1.54) is 36.9 Å². The predicted molar refractivity (Wildman–Crippen MR) is 258 cm³/mol. The summed E-state index contributed by atoms with van der Waals surface area (Å²) in [6.07, 6.45) is 0. The van der Waals surface area contributed by atoms with Crippen molar-refractivity contribution in [1.82, 2.24) is 15.0 Å². The second-order valence-electron chi connectivity index (χ2n) is 15.5.